The minimum absolute atomic E-state index is 0.298. The molecule has 1 aliphatic carbocycles. The summed E-state index contributed by atoms with van der Waals surface area (Å²) >= 11 is 1.58. The molecule has 1 aliphatic rings. The number of hydrogen-bond acceptors (Lipinski definition) is 4. The van der Waals surface area contributed by atoms with E-state index in [-0.39, 0.29) is 0 Å². The summed E-state index contributed by atoms with van der Waals surface area (Å²) in [5, 5.41) is 0.946. The van der Waals surface area contributed by atoms with Crippen molar-refractivity contribution in [1.82, 2.24) is 4.98 Å². The lowest BCUT2D eigenvalue weighted by atomic mass is 10.2. The van der Waals surface area contributed by atoms with E-state index in [0.717, 1.165) is 15.6 Å². The van der Waals surface area contributed by atoms with E-state index in [1.54, 1.807) is 11.3 Å². The molecule has 0 amide bonds. The van der Waals surface area contributed by atoms with E-state index in [4.69, 9.17) is 10.5 Å². The van der Waals surface area contributed by atoms with Crippen molar-refractivity contribution in [2.24, 2.45) is 5.73 Å². The van der Waals surface area contributed by atoms with Crippen LogP contribution in [-0.2, 0) is 17.7 Å². The molecule has 6 heteroatoms. The van der Waals surface area contributed by atoms with E-state index < -0.39 is 13.0 Å². The Kier molecular flexibility index (Phi) is 4.42. The van der Waals surface area contributed by atoms with Crippen molar-refractivity contribution in [2.45, 2.75) is 38.2 Å². The van der Waals surface area contributed by atoms with Gasteiger partial charge in [-0.25, -0.2) is 13.8 Å². The monoisotopic (exact) mass is 262 g/mol. The number of hydrogen-bond donors (Lipinski definition) is 1. The number of halogens is 2. The highest BCUT2D eigenvalue weighted by molar-refractivity contribution is 7.11. The van der Waals surface area contributed by atoms with Crippen molar-refractivity contribution in [3.05, 3.63) is 15.6 Å². The topological polar surface area (TPSA) is 48.1 Å². The Labute approximate surface area is 103 Å². The van der Waals surface area contributed by atoms with Crippen LogP contribution in [-0.4, -0.2) is 24.6 Å². The van der Waals surface area contributed by atoms with Gasteiger partial charge in [0.05, 0.1) is 17.3 Å². The summed E-state index contributed by atoms with van der Waals surface area (Å²) in [6.07, 6.45) is 0.584. The van der Waals surface area contributed by atoms with Crippen LogP contribution >= 0.6 is 11.3 Å². The second-order valence-electron chi connectivity index (χ2n) is 4.11. The Bertz CT molecular complexity index is 366. The van der Waals surface area contributed by atoms with E-state index in [2.05, 4.69) is 4.98 Å². The average Bonchev–Trinajstić information content (AvgIpc) is 3.05. The van der Waals surface area contributed by atoms with Gasteiger partial charge in [0.25, 0.3) is 6.43 Å². The fraction of sp³-hybridized carbons (Fsp3) is 0.727. The summed E-state index contributed by atoms with van der Waals surface area (Å²) in [6, 6.07) is 0. The second-order valence-corrected chi connectivity index (χ2v) is 5.28. The highest BCUT2D eigenvalue weighted by atomic mass is 32.1. The lowest BCUT2D eigenvalue weighted by Gasteiger charge is -2.00. The van der Waals surface area contributed by atoms with Gasteiger partial charge in [-0.1, -0.05) is 0 Å². The number of aromatic nitrogens is 1. The Balaban J connectivity index is 1.84. The van der Waals surface area contributed by atoms with Crippen molar-refractivity contribution >= 4 is 11.3 Å². The minimum atomic E-state index is -2.40. The summed E-state index contributed by atoms with van der Waals surface area (Å²) in [4.78, 5) is 5.67. The quantitative estimate of drug-likeness (QED) is 0.767. The van der Waals surface area contributed by atoms with Crippen LogP contribution in [0.3, 0.4) is 0 Å². The van der Waals surface area contributed by atoms with E-state index in [9.17, 15) is 8.78 Å². The van der Waals surface area contributed by atoms with Crippen molar-refractivity contribution in [3.8, 4) is 0 Å². The molecule has 1 fully saturated rings. The van der Waals surface area contributed by atoms with E-state index in [1.807, 2.05) is 0 Å². The first-order valence-electron chi connectivity index (χ1n) is 5.75. The van der Waals surface area contributed by atoms with Crippen LogP contribution in [0.15, 0.2) is 0 Å². The van der Waals surface area contributed by atoms with Crippen molar-refractivity contribution in [3.63, 3.8) is 0 Å². The average molecular weight is 262 g/mol. The molecule has 1 aromatic heterocycles. The highest BCUT2D eigenvalue weighted by Gasteiger charge is 2.29. The first-order valence-corrected chi connectivity index (χ1v) is 6.56. The molecule has 0 atom stereocenters. The van der Waals surface area contributed by atoms with E-state index in [1.165, 1.54) is 12.8 Å². The molecule has 96 valence electrons. The van der Waals surface area contributed by atoms with Crippen molar-refractivity contribution < 1.29 is 13.5 Å². The molecule has 0 unspecified atom stereocenters. The Morgan fingerprint density at radius 1 is 1.47 bits per heavy atom. The van der Waals surface area contributed by atoms with E-state index in [0.29, 0.717) is 25.5 Å². The zero-order valence-electron chi connectivity index (χ0n) is 9.49. The fourth-order valence-corrected chi connectivity index (χ4v) is 2.69. The van der Waals surface area contributed by atoms with Gasteiger partial charge in [0.1, 0.15) is 6.61 Å². The van der Waals surface area contributed by atoms with Crippen molar-refractivity contribution in [2.75, 3.05) is 13.2 Å². The maximum Gasteiger partial charge on any atom is 0.261 e. The Hall–Kier alpha value is -0.590. The van der Waals surface area contributed by atoms with Crippen LogP contribution in [0.2, 0.25) is 0 Å². The first kappa shape index (κ1) is 12.9. The molecule has 0 aromatic carbocycles. The fourth-order valence-electron chi connectivity index (χ4n) is 1.67. The number of nitrogens with zero attached hydrogens (tertiary/aromatic N) is 1. The summed E-state index contributed by atoms with van der Waals surface area (Å²) in [7, 11) is 0. The zero-order chi connectivity index (χ0) is 12.3. The third kappa shape index (κ3) is 3.69. The van der Waals surface area contributed by atoms with Gasteiger partial charge in [0.15, 0.2) is 0 Å². The van der Waals surface area contributed by atoms with Crippen LogP contribution in [0.25, 0.3) is 0 Å². The minimum Gasteiger partial charge on any atom is -0.375 e. The summed E-state index contributed by atoms with van der Waals surface area (Å²) in [5.41, 5.74) is 6.79. The molecular formula is C11H16F2N2OS. The molecule has 1 heterocycles. The molecule has 0 spiro atoms. The first-order chi connectivity index (χ1) is 8.20. The van der Waals surface area contributed by atoms with Gasteiger partial charge < -0.3 is 10.5 Å². The summed E-state index contributed by atoms with van der Waals surface area (Å²) < 4.78 is 28.5. The smallest absolute Gasteiger partial charge is 0.261 e. The number of alkyl halides is 2. The molecule has 3 nitrogen and oxygen atoms in total. The molecule has 0 bridgehead atoms. The van der Waals surface area contributed by atoms with Crippen LogP contribution < -0.4 is 5.73 Å². The maximum absolute atomic E-state index is 11.8. The number of ether oxygens (including phenoxy) is 1. The highest BCUT2D eigenvalue weighted by Crippen LogP contribution is 2.42. The predicted octanol–water partition coefficient (Wildman–Crippen LogP) is 2.30. The van der Waals surface area contributed by atoms with Crippen LogP contribution in [0.1, 0.15) is 34.3 Å². The molecule has 0 saturated heterocycles. The Morgan fingerprint density at radius 2 is 2.24 bits per heavy atom. The Morgan fingerprint density at radius 3 is 2.82 bits per heavy atom. The standard InChI is InChI=1S/C11H16F2N2OS/c12-9(13)6-16-4-3-10-15-11(7-1-2-7)8(5-14)17-10/h7,9H,1-6,14H2. The summed E-state index contributed by atoms with van der Waals surface area (Å²) in [6.45, 7) is 0.317. The lowest BCUT2D eigenvalue weighted by molar-refractivity contribution is 0.0187. The summed E-state index contributed by atoms with van der Waals surface area (Å²) in [5.74, 6) is 0.584. The van der Waals surface area contributed by atoms with Crippen LogP contribution in [0, 0.1) is 0 Å². The molecule has 2 rings (SSSR count). The van der Waals surface area contributed by atoms with Gasteiger partial charge in [-0.05, 0) is 12.8 Å². The van der Waals surface area contributed by atoms with Gasteiger partial charge in [0, 0.05) is 23.8 Å². The largest absolute Gasteiger partial charge is 0.375 e. The number of thiazole rings is 1. The van der Waals surface area contributed by atoms with Gasteiger partial charge in [-0.3, -0.25) is 0 Å². The zero-order valence-corrected chi connectivity index (χ0v) is 10.3. The van der Waals surface area contributed by atoms with Gasteiger partial charge >= 0.3 is 0 Å². The van der Waals surface area contributed by atoms with Gasteiger partial charge in [0.2, 0.25) is 0 Å². The maximum atomic E-state index is 11.8. The molecule has 0 radical (unpaired) electrons. The van der Waals surface area contributed by atoms with Crippen LogP contribution in [0.4, 0.5) is 8.78 Å². The van der Waals surface area contributed by atoms with Crippen LogP contribution in [0.5, 0.6) is 0 Å². The third-order valence-corrected chi connectivity index (χ3v) is 3.78. The molecular weight excluding hydrogens is 246 g/mol. The van der Waals surface area contributed by atoms with Gasteiger partial charge in [-0.15, -0.1) is 11.3 Å². The third-order valence-electron chi connectivity index (χ3n) is 2.63. The number of nitrogens with two attached hydrogens (primary N) is 1. The molecule has 0 aliphatic heterocycles. The molecule has 17 heavy (non-hydrogen) atoms. The SMILES string of the molecule is NCc1sc(CCOCC(F)F)nc1C1CC1. The second kappa shape index (κ2) is 5.84. The van der Waals surface area contributed by atoms with Crippen molar-refractivity contribution in [1.29, 1.82) is 0 Å². The molecule has 2 N–H and O–H groups in total. The molecule has 1 aromatic rings. The van der Waals surface area contributed by atoms with E-state index >= 15 is 0 Å². The predicted molar refractivity (Wildman–Crippen MR) is 62.5 cm³/mol. The van der Waals surface area contributed by atoms with Gasteiger partial charge in [-0.2, -0.15) is 0 Å². The number of rotatable bonds is 7. The lowest BCUT2D eigenvalue weighted by Crippen LogP contribution is -2.06. The molecule has 1 saturated carbocycles. The normalized spacial score (nSPS) is 15.8.